The zero-order valence-corrected chi connectivity index (χ0v) is 18.8. The van der Waals surface area contributed by atoms with Crippen molar-refractivity contribution < 1.29 is 18.0 Å². The molecule has 2 atom stereocenters. The Morgan fingerprint density at radius 3 is 2.74 bits per heavy atom. The summed E-state index contributed by atoms with van der Waals surface area (Å²) in [6, 6.07) is 11.1. The summed E-state index contributed by atoms with van der Waals surface area (Å²) in [7, 11) is 0. The van der Waals surface area contributed by atoms with E-state index in [2.05, 4.69) is 26.6 Å². The minimum Gasteiger partial charge on any atom is -0.377 e. The van der Waals surface area contributed by atoms with Crippen molar-refractivity contribution in [3.63, 3.8) is 0 Å². The summed E-state index contributed by atoms with van der Waals surface area (Å²) < 4.78 is 41.1. The van der Waals surface area contributed by atoms with Crippen LogP contribution in [0.2, 0.25) is 0 Å². The van der Waals surface area contributed by atoms with Crippen LogP contribution in [0.15, 0.2) is 42.6 Å². The van der Waals surface area contributed by atoms with E-state index in [-0.39, 0.29) is 23.1 Å². The Kier molecular flexibility index (Phi) is 6.59. The van der Waals surface area contributed by atoms with Crippen molar-refractivity contribution in [3.8, 4) is 6.07 Å². The van der Waals surface area contributed by atoms with Gasteiger partial charge in [0.2, 0.25) is 5.91 Å². The van der Waals surface area contributed by atoms with E-state index in [0.717, 1.165) is 24.7 Å². The molecule has 2 N–H and O–H groups in total. The van der Waals surface area contributed by atoms with Gasteiger partial charge in [-0.1, -0.05) is 18.2 Å². The average Bonchev–Trinajstić information content (AvgIpc) is 3.26. The molecule has 1 aromatic heterocycles. The maximum atomic E-state index is 14.7. The number of carbonyl (C=O) groups excluding carboxylic acids is 1. The standard InChI is InChI=1S/C25H24F3N5O/c1-14(19-4-3-5-20(23(19)26)25(27)28)31-24-16(11-29)12-30-22-7-6-18(10-21(22)24)33-9-8-17(13-33)32-15(2)34/h3-7,10,12,14,17,25H,8-9,13H2,1-2H3,(H,30,31)(H,32,34)/t14-,17-/m1/s1. The summed E-state index contributed by atoms with van der Waals surface area (Å²) in [6.45, 7) is 4.56. The van der Waals surface area contributed by atoms with E-state index in [1.165, 1.54) is 25.3 Å². The molecular weight excluding hydrogens is 443 g/mol. The smallest absolute Gasteiger partial charge is 0.266 e. The van der Waals surface area contributed by atoms with Crippen molar-refractivity contribution >= 4 is 28.2 Å². The van der Waals surface area contributed by atoms with Crippen molar-refractivity contribution in [1.82, 2.24) is 10.3 Å². The molecule has 6 nitrogen and oxygen atoms in total. The fourth-order valence-corrected chi connectivity index (χ4v) is 4.38. The van der Waals surface area contributed by atoms with Gasteiger partial charge in [0.15, 0.2) is 0 Å². The van der Waals surface area contributed by atoms with E-state index in [0.29, 0.717) is 23.1 Å². The fourth-order valence-electron chi connectivity index (χ4n) is 4.38. The van der Waals surface area contributed by atoms with Crippen LogP contribution in [0, 0.1) is 17.1 Å². The van der Waals surface area contributed by atoms with Crippen molar-refractivity contribution in [2.75, 3.05) is 23.3 Å². The molecule has 3 aromatic rings. The van der Waals surface area contributed by atoms with Crippen LogP contribution in [0.1, 0.15) is 49.4 Å². The monoisotopic (exact) mass is 467 g/mol. The third-order valence-corrected chi connectivity index (χ3v) is 6.05. The highest BCUT2D eigenvalue weighted by Crippen LogP contribution is 2.34. The van der Waals surface area contributed by atoms with Gasteiger partial charge < -0.3 is 15.5 Å². The first-order valence-corrected chi connectivity index (χ1v) is 11.0. The molecule has 0 aliphatic carbocycles. The van der Waals surface area contributed by atoms with Crippen LogP contribution >= 0.6 is 0 Å². The van der Waals surface area contributed by atoms with Crippen LogP contribution in [0.4, 0.5) is 24.5 Å². The molecule has 176 valence electrons. The largest absolute Gasteiger partial charge is 0.377 e. The molecule has 4 rings (SSSR count). The van der Waals surface area contributed by atoms with Gasteiger partial charge in [-0.2, -0.15) is 5.26 Å². The number of benzene rings is 2. The minimum absolute atomic E-state index is 0.0551. The Labute approximate surface area is 195 Å². The predicted octanol–water partition coefficient (Wildman–Crippen LogP) is 5.07. The van der Waals surface area contributed by atoms with Gasteiger partial charge in [-0.05, 0) is 31.5 Å². The molecule has 0 saturated carbocycles. The Bertz CT molecular complexity index is 1270. The summed E-state index contributed by atoms with van der Waals surface area (Å²) in [4.78, 5) is 17.9. The van der Waals surface area contributed by atoms with Gasteiger partial charge in [0.05, 0.1) is 28.4 Å². The second-order valence-corrected chi connectivity index (χ2v) is 8.41. The first-order chi connectivity index (χ1) is 16.3. The molecule has 1 amide bonds. The molecule has 2 aromatic carbocycles. The Balaban J connectivity index is 1.69. The van der Waals surface area contributed by atoms with E-state index < -0.39 is 23.8 Å². The number of aromatic nitrogens is 1. The molecule has 1 aliphatic rings. The van der Waals surface area contributed by atoms with Crippen molar-refractivity contribution in [3.05, 3.63) is 65.1 Å². The lowest BCUT2D eigenvalue weighted by molar-refractivity contribution is -0.119. The molecule has 0 unspecified atom stereocenters. The third kappa shape index (κ3) is 4.62. The summed E-state index contributed by atoms with van der Waals surface area (Å²) in [5.74, 6) is -1.03. The lowest BCUT2D eigenvalue weighted by Gasteiger charge is -2.22. The van der Waals surface area contributed by atoms with E-state index in [1.54, 1.807) is 6.92 Å². The van der Waals surface area contributed by atoms with Gasteiger partial charge in [0.1, 0.15) is 11.9 Å². The number of nitrogens with one attached hydrogen (secondary N) is 2. The number of nitriles is 1. The van der Waals surface area contributed by atoms with Gasteiger partial charge in [-0.15, -0.1) is 0 Å². The maximum absolute atomic E-state index is 14.7. The van der Waals surface area contributed by atoms with E-state index in [1.807, 2.05) is 18.2 Å². The highest BCUT2D eigenvalue weighted by molar-refractivity contribution is 5.96. The Morgan fingerprint density at radius 2 is 2.03 bits per heavy atom. The molecule has 9 heteroatoms. The normalized spacial score (nSPS) is 16.5. The van der Waals surface area contributed by atoms with Gasteiger partial charge in [0.25, 0.3) is 6.43 Å². The molecule has 34 heavy (non-hydrogen) atoms. The Morgan fingerprint density at radius 1 is 1.26 bits per heavy atom. The number of pyridine rings is 1. The molecule has 0 radical (unpaired) electrons. The molecule has 0 bridgehead atoms. The molecule has 2 heterocycles. The summed E-state index contributed by atoms with van der Waals surface area (Å²) >= 11 is 0. The predicted molar refractivity (Wildman–Crippen MR) is 124 cm³/mol. The molecule has 0 spiro atoms. The second-order valence-electron chi connectivity index (χ2n) is 8.41. The highest BCUT2D eigenvalue weighted by atomic mass is 19.3. The van der Waals surface area contributed by atoms with Gasteiger partial charge >= 0.3 is 0 Å². The van der Waals surface area contributed by atoms with Crippen LogP contribution in [-0.4, -0.2) is 30.0 Å². The molecule has 1 fully saturated rings. The summed E-state index contributed by atoms with van der Waals surface area (Å²) in [6.07, 6.45) is -0.672. The lowest BCUT2D eigenvalue weighted by atomic mass is 10.0. The van der Waals surface area contributed by atoms with E-state index in [9.17, 15) is 23.2 Å². The number of anilines is 2. The van der Waals surface area contributed by atoms with Crippen molar-refractivity contribution in [2.45, 2.75) is 38.8 Å². The maximum Gasteiger partial charge on any atom is 0.266 e. The van der Waals surface area contributed by atoms with Gasteiger partial charge in [0, 0.05) is 48.9 Å². The number of fused-ring (bicyclic) bond motifs is 1. The summed E-state index contributed by atoms with van der Waals surface area (Å²) in [5.41, 5.74) is 1.69. The van der Waals surface area contributed by atoms with Crippen LogP contribution < -0.4 is 15.5 Å². The number of amides is 1. The fraction of sp³-hybridized carbons (Fsp3) is 0.320. The molecule has 1 saturated heterocycles. The zero-order valence-electron chi connectivity index (χ0n) is 18.8. The van der Waals surface area contributed by atoms with Gasteiger partial charge in [-0.3, -0.25) is 9.78 Å². The number of alkyl halides is 2. The lowest BCUT2D eigenvalue weighted by Crippen LogP contribution is -2.35. The SMILES string of the molecule is CC(=O)N[C@@H]1CCN(c2ccc3ncc(C#N)c(N[C@H](C)c4cccc(C(F)F)c4F)c3c2)C1. The van der Waals surface area contributed by atoms with Crippen molar-refractivity contribution in [2.24, 2.45) is 0 Å². The van der Waals surface area contributed by atoms with E-state index >= 15 is 0 Å². The first-order valence-electron chi connectivity index (χ1n) is 11.0. The average molecular weight is 467 g/mol. The first kappa shape index (κ1) is 23.4. The van der Waals surface area contributed by atoms with Gasteiger partial charge in [-0.25, -0.2) is 13.2 Å². The third-order valence-electron chi connectivity index (χ3n) is 6.05. The van der Waals surface area contributed by atoms with Crippen molar-refractivity contribution in [1.29, 1.82) is 5.26 Å². The second kappa shape index (κ2) is 9.59. The molecular formula is C25H24F3N5O. The van der Waals surface area contributed by atoms with Crippen LogP contribution in [0.5, 0.6) is 0 Å². The zero-order chi connectivity index (χ0) is 24.4. The number of rotatable bonds is 6. The summed E-state index contributed by atoms with van der Waals surface area (Å²) in [5, 5.41) is 16.4. The topological polar surface area (TPSA) is 81.1 Å². The number of hydrogen-bond donors (Lipinski definition) is 2. The van der Waals surface area contributed by atoms with Crippen LogP contribution in [0.3, 0.4) is 0 Å². The quantitative estimate of drug-likeness (QED) is 0.529. The highest BCUT2D eigenvalue weighted by Gasteiger charge is 2.24. The number of halogens is 3. The number of carbonyl (C=O) groups is 1. The minimum atomic E-state index is -2.92. The van der Waals surface area contributed by atoms with Crippen LogP contribution in [0.25, 0.3) is 10.9 Å². The van der Waals surface area contributed by atoms with E-state index in [4.69, 9.17) is 0 Å². The van der Waals surface area contributed by atoms with Crippen LogP contribution in [-0.2, 0) is 4.79 Å². The molecule has 1 aliphatic heterocycles. The Hall–Kier alpha value is -3.80. The number of hydrogen-bond acceptors (Lipinski definition) is 5. The number of nitrogens with zero attached hydrogens (tertiary/aromatic N) is 3.